The fraction of sp³-hybridized carbons (Fsp3) is 0.480. The Morgan fingerprint density at radius 3 is 2.31 bits per heavy atom. The van der Waals surface area contributed by atoms with Crippen molar-refractivity contribution in [1.29, 1.82) is 0 Å². The zero-order valence-electron chi connectivity index (χ0n) is 22.1. The van der Waals surface area contributed by atoms with E-state index in [1.54, 1.807) is 31.1 Å². The van der Waals surface area contributed by atoms with Gasteiger partial charge in [0.05, 0.1) is 6.16 Å². The van der Waals surface area contributed by atoms with E-state index in [0.29, 0.717) is 56.4 Å². The summed E-state index contributed by atoms with van der Waals surface area (Å²) in [6.07, 6.45) is 0.549. The Balaban J connectivity index is 1.72. The van der Waals surface area contributed by atoms with Crippen LogP contribution in [0.2, 0.25) is 0 Å². The van der Waals surface area contributed by atoms with E-state index in [4.69, 9.17) is 5.11 Å². The Labute approximate surface area is 227 Å². The molecule has 0 unspecified atom stereocenters. The molecule has 3 rings (SSSR count). The lowest BCUT2D eigenvalue weighted by atomic mass is 10.2. The Morgan fingerprint density at radius 2 is 1.72 bits per heavy atom. The van der Waals surface area contributed by atoms with Crippen molar-refractivity contribution in [2.45, 2.75) is 25.3 Å². The third-order valence-electron chi connectivity index (χ3n) is 6.26. The molecule has 1 aliphatic rings. The number of unbranched alkanes of at least 4 members (excludes halogenated alkanes) is 1. The zero-order valence-corrected chi connectivity index (χ0v) is 23.0. The molecule has 2 heterocycles. The molecule has 1 saturated heterocycles. The predicted octanol–water partition coefficient (Wildman–Crippen LogP) is 0.885. The van der Waals surface area contributed by atoms with Crippen LogP contribution in [0, 0.1) is 0 Å². The first-order chi connectivity index (χ1) is 18.4. The fourth-order valence-electron chi connectivity index (χ4n) is 4.18. The normalized spacial score (nSPS) is 15.0. The molecular weight excluding hydrogens is 527 g/mol. The van der Waals surface area contributed by atoms with Crippen molar-refractivity contribution >= 4 is 31.2 Å². The van der Waals surface area contributed by atoms with Gasteiger partial charge in [0.15, 0.2) is 5.82 Å². The van der Waals surface area contributed by atoms with E-state index in [9.17, 15) is 28.7 Å². The molecule has 2 amide bonds. The highest BCUT2D eigenvalue weighted by molar-refractivity contribution is 7.51. The Hall–Kier alpha value is -3.38. The molecule has 0 saturated carbocycles. The van der Waals surface area contributed by atoms with E-state index in [0.717, 1.165) is 6.42 Å². The highest BCUT2D eigenvalue weighted by Gasteiger charge is 2.34. The largest absolute Gasteiger partial charge is 0.481 e. The second-order valence-electron chi connectivity index (χ2n) is 9.59. The van der Waals surface area contributed by atoms with Crippen molar-refractivity contribution in [3.8, 4) is 11.4 Å². The lowest BCUT2D eigenvalue weighted by Crippen LogP contribution is -2.56. The van der Waals surface area contributed by atoms with Crippen LogP contribution >= 0.6 is 7.60 Å². The molecule has 39 heavy (non-hydrogen) atoms. The molecule has 1 atom stereocenters. The number of carboxylic acid groups (broad SMARTS) is 1. The van der Waals surface area contributed by atoms with Gasteiger partial charge in [-0.25, -0.2) is 9.97 Å². The third-order valence-corrected chi connectivity index (χ3v) is 7.10. The molecule has 0 aliphatic carbocycles. The summed E-state index contributed by atoms with van der Waals surface area (Å²) in [5, 5.41) is 11.3. The number of amides is 2. The second kappa shape index (κ2) is 13.6. The number of rotatable bonds is 12. The minimum atomic E-state index is -4.66. The van der Waals surface area contributed by atoms with E-state index < -0.39 is 37.6 Å². The van der Waals surface area contributed by atoms with Crippen molar-refractivity contribution in [2.24, 2.45) is 0 Å². The molecule has 13 nitrogen and oxygen atoms in total. The minimum absolute atomic E-state index is 0.0396. The molecule has 4 N–H and O–H groups in total. The van der Waals surface area contributed by atoms with E-state index in [-0.39, 0.29) is 12.1 Å². The third kappa shape index (κ3) is 9.39. The summed E-state index contributed by atoms with van der Waals surface area (Å²) in [5.74, 6) is -1.42. The van der Waals surface area contributed by atoms with Crippen molar-refractivity contribution in [3.63, 3.8) is 0 Å². The van der Waals surface area contributed by atoms with Crippen LogP contribution in [0.15, 0.2) is 36.4 Å². The molecule has 2 aromatic rings. The average Bonchev–Trinajstić information content (AvgIpc) is 2.90. The maximum absolute atomic E-state index is 13.3. The van der Waals surface area contributed by atoms with Gasteiger partial charge < -0.3 is 30.0 Å². The van der Waals surface area contributed by atoms with E-state index in [1.165, 1.54) is 11.0 Å². The summed E-state index contributed by atoms with van der Waals surface area (Å²) in [4.78, 5) is 70.6. The number of benzene rings is 1. The van der Waals surface area contributed by atoms with Gasteiger partial charge in [0.25, 0.3) is 5.91 Å². The standard InChI is InChI=1S/C25H35N6O7P/c1-29(2)21-16-19(26-23(28-21)18-8-4-3-5-9-18)24(34)27-20(17-39(36,37)38)25(35)31-14-12-30(13-15-31)11-7-6-10-22(32)33/h3-5,8-9,16,20H,6-7,10-15,17H2,1-2H3,(H,27,34)(H,32,33)(H2,36,37,38)/t20-/m0/s1. The van der Waals surface area contributed by atoms with E-state index in [2.05, 4.69) is 20.2 Å². The number of piperazine rings is 1. The smallest absolute Gasteiger partial charge is 0.328 e. The quantitative estimate of drug-likeness (QED) is 0.213. The number of nitrogens with zero attached hydrogens (tertiary/aromatic N) is 5. The first-order valence-electron chi connectivity index (χ1n) is 12.6. The minimum Gasteiger partial charge on any atom is -0.481 e. The summed E-state index contributed by atoms with van der Waals surface area (Å²) >= 11 is 0. The Bertz CT molecular complexity index is 1200. The second-order valence-corrected chi connectivity index (χ2v) is 11.3. The van der Waals surface area contributed by atoms with Crippen LogP contribution in [0.5, 0.6) is 0 Å². The van der Waals surface area contributed by atoms with Gasteiger partial charge in [-0.05, 0) is 19.4 Å². The van der Waals surface area contributed by atoms with Crippen molar-refractivity contribution < 1.29 is 33.8 Å². The zero-order chi connectivity index (χ0) is 28.6. The number of carboxylic acids is 1. The number of hydrogen-bond donors (Lipinski definition) is 4. The number of anilines is 1. The molecule has 0 spiro atoms. The van der Waals surface area contributed by atoms with Gasteiger partial charge in [-0.2, -0.15) is 0 Å². The number of carbonyl (C=O) groups is 3. The number of hydrogen-bond acceptors (Lipinski definition) is 8. The molecule has 212 valence electrons. The highest BCUT2D eigenvalue weighted by atomic mass is 31.2. The number of carbonyl (C=O) groups excluding carboxylic acids is 2. The number of aromatic nitrogens is 2. The van der Waals surface area contributed by atoms with Crippen molar-refractivity contribution in [2.75, 3.05) is 57.9 Å². The van der Waals surface area contributed by atoms with Gasteiger partial charge in [0.1, 0.15) is 17.6 Å². The topological polar surface area (TPSA) is 176 Å². The Kier molecular flexibility index (Phi) is 10.5. The lowest BCUT2D eigenvalue weighted by molar-refractivity contribution is -0.137. The van der Waals surface area contributed by atoms with Gasteiger partial charge in [-0.3, -0.25) is 23.8 Å². The van der Waals surface area contributed by atoms with Gasteiger partial charge in [0.2, 0.25) is 5.91 Å². The predicted molar refractivity (Wildman–Crippen MR) is 144 cm³/mol. The van der Waals surface area contributed by atoms with Gasteiger partial charge in [-0.1, -0.05) is 30.3 Å². The van der Waals surface area contributed by atoms with Crippen LogP contribution in [0.4, 0.5) is 5.82 Å². The van der Waals surface area contributed by atoms with Crippen LogP contribution in [0.1, 0.15) is 29.8 Å². The number of nitrogens with one attached hydrogen (secondary N) is 1. The average molecular weight is 563 g/mol. The van der Waals surface area contributed by atoms with Crippen LogP contribution in [-0.4, -0.2) is 111 Å². The lowest BCUT2D eigenvalue weighted by Gasteiger charge is -2.36. The van der Waals surface area contributed by atoms with Crippen LogP contribution in [0.3, 0.4) is 0 Å². The summed E-state index contributed by atoms with van der Waals surface area (Å²) in [5.41, 5.74) is 0.640. The molecule has 1 fully saturated rings. The Morgan fingerprint density at radius 1 is 1.05 bits per heavy atom. The van der Waals surface area contributed by atoms with Gasteiger partial charge >= 0.3 is 13.6 Å². The summed E-state index contributed by atoms with van der Waals surface area (Å²) in [7, 11) is -1.15. The SMILES string of the molecule is CN(C)c1cc(C(=O)N[C@@H](CP(=O)(O)O)C(=O)N2CCN(CCCCC(=O)O)CC2)nc(-c2ccccc2)n1. The maximum atomic E-state index is 13.3. The first-order valence-corrected chi connectivity index (χ1v) is 14.4. The molecule has 1 aromatic carbocycles. The maximum Gasteiger partial charge on any atom is 0.328 e. The summed E-state index contributed by atoms with van der Waals surface area (Å²) in [6.45, 7) is 2.41. The monoisotopic (exact) mass is 562 g/mol. The molecule has 0 bridgehead atoms. The van der Waals surface area contributed by atoms with E-state index in [1.807, 2.05) is 18.2 Å². The molecule has 0 radical (unpaired) electrons. The fourth-order valence-corrected chi connectivity index (χ4v) is 4.90. The van der Waals surface area contributed by atoms with Crippen LogP contribution in [0.25, 0.3) is 11.4 Å². The van der Waals surface area contributed by atoms with Gasteiger partial charge in [-0.15, -0.1) is 0 Å². The molecule has 1 aliphatic heterocycles. The van der Waals surface area contributed by atoms with Crippen LogP contribution < -0.4 is 10.2 Å². The summed E-state index contributed by atoms with van der Waals surface area (Å²) < 4.78 is 11.9. The van der Waals surface area contributed by atoms with Crippen molar-refractivity contribution in [3.05, 3.63) is 42.1 Å². The number of aliphatic carboxylic acids is 1. The highest BCUT2D eigenvalue weighted by Crippen LogP contribution is 2.35. The molecular formula is C25H35N6O7P. The molecule has 14 heteroatoms. The summed E-state index contributed by atoms with van der Waals surface area (Å²) in [6, 6.07) is 9.05. The molecule has 1 aromatic heterocycles. The van der Waals surface area contributed by atoms with Crippen LogP contribution in [-0.2, 0) is 14.2 Å². The van der Waals surface area contributed by atoms with Crippen molar-refractivity contribution in [1.82, 2.24) is 25.1 Å². The van der Waals surface area contributed by atoms with Gasteiger partial charge in [0, 0.05) is 58.3 Å². The van der Waals surface area contributed by atoms with E-state index >= 15 is 0 Å². The first kappa shape index (κ1) is 30.2.